The smallest absolute Gasteiger partial charge is 0.387 e. The molecule has 2 rings (SSSR count). The van der Waals surface area contributed by atoms with Gasteiger partial charge in [-0.15, -0.1) is 0 Å². The van der Waals surface area contributed by atoms with E-state index in [2.05, 4.69) is 15.0 Å². The summed E-state index contributed by atoms with van der Waals surface area (Å²) in [6, 6.07) is 10.4. The van der Waals surface area contributed by atoms with Crippen LogP contribution in [0.25, 0.3) is 0 Å². The molecule has 0 saturated carbocycles. The van der Waals surface area contributed by atoms with E-state index in [9.17, 15) is 8.78 Å². The van der Waals surface area contributed by atoms with Crippen molar-refractivity contribution in [3.63, 3.8) is 0 Å². The molecule has 1 aromatic carbocycles. The zero-order valence-corrected chi connectivity index (χ0v) is 8.99. The van der Waals surface area contributed by atoms with E-state index in [4.69, 9.17) is 0 Å². The third kappa shape index (κ3) is 3.21. The Labute approximate surface area is 97.4 Å². The third-order valence-electron chi connectivity index (χ3n) is 2.23. The summed E-state index contributed by atoms with van der Waals surface area (Å²) in [6.07, 6.45) is 1.80. The van der Waals surface area contributed by atoms with Crippen molar-refractivity contribution in [1.82, 2.24) is 4.98 Å². The lowest BCUT2D eigenvalue weighted by molar-refractivity contribution is -0.0493. The van der Waals surface area contributed by atoms with E-state index in [0.717, 1.165) is 5.69 Å². The molecule has 3 nitrogen and oxygen atoms in total. The highest BCUT2D eigenvalue weighted by Crippen LogP contribution is 2.25. The van der Waals surface area contributed by atoms with Crippen LogP contribution in [-0.4, -0.2) is 11.6 Å². The number of rotatable bonds is 5. The molecule has 1 heterocycles. The summed E-state index contributed by atoms with van der Waals surface area (Å²) < 4.78 is 28.7. The zero-order chi connectivity index (χ0) is 12.1. The number of ether oxygens (including phenoxy) is 1. The molecule has 0 atom stereocenters. The largest absolute Gasteiger partial charge is 0.433 e. The number of H-pyrrole nitrogens is 1. The summed E-state index contributed by atoms with van der Waals surface area (Å²) in [6.45, 7) is -2.29. The Morgan fingerprint density at radius 2 is 2.00 bits per heavy atom. The standard InChI is InChI=1S/C12H12F2N2O/c13-12(14)17-11-6-2-1-5-10(11)16-8-9-4-3-7-15-9/h1-7,12,15-16H,8H2. The fourth-order valence-electron chi connectivity index (χ4n) is 1.48. The molecule has 90 valence electrons. The monoisotopic (exact) mass is 238 g/mol. The molecule has 17 heavy (non-hydrogen) atoms. The molecule has 0 fully saturated rings. The topological polar surface area (TPSA) is 37.0 Å². The van der Waals surface area contributed by atoms with Gasteiger partial charge < -0.3 is 15.0 Å². The molecule has 0 amide bonds. The Kier molecular flexibility index (Phi) is 3.59. The molecular formula is C12H12F2N2O. The molecule has 1 aromatic heterocycles. The summed E-state index contributed by atoms with van der Waals surface area (Å²) in [5, 5.41) is 3.03. The van der Waals surface area contributed by atoms with Crippen LogP contribution in [0.4, 0.5) is 14.5 Å². The van der Waals surface area contributed by atoms with Crippen molar-refractivity contribution >= 4 is 5.69 Å². The number of benzene rings is 1. The average molecular weight is 238 g/mol. The summed E-state index contributed by atoms with van der Waals surface area (Å²) in [4.78, 5) is 3.02. The van der Waals surface area contributed by atoms with Crippen molar-refractivity contribution in [3.8, 4) is 5.75 Å². The van der Waals surface area contributed by atoms with Crippen LogP contribution >= 0.6 is 0 Å². The number of nitrogens with one attached hydrogen (secondary N) is 2. The number of hydrogen-bond acceptors (Lipinski definition) is 2. The van der Waals surface area contributed by atoms with E-state index in [1.54, 1.807) is 24.4 Å². The second-order valence-electron chi connectivity index (χ2n) is 3.42. The van der Waals surface area contributed by atoms with E-state index in [0.29, 0.717) is 12.2 Å². The summed E-state index contributed by atoms with van der Waals surface area (Å²) >= 11 is 0. The number of aromatic nitrogens is 1. The van der Waals surface area contributed by atoms with Crippen molar-refractivity contribution in [2.45, 2.75) is 13.2 Å². The normalized spacial score (nSPS) is 10.5. The molecule has 2 N–H and O–H groups in total. The first-order valence-electron chi connectivity index (χ1n) is 5.15. The molecule has 0 aliphatic rings. The maximum atomic E-state index is 12.2. The van der Waals surface area contributed by atoms with Crippen LogP contribution in [-0.2, 0) is 6.54 Å². The number of anilines is 1. The number of aromatic amines is 1. The van der Waals surface area contributed by atoms with Gasteiger partial charge in [-0.25, -0.2) is 0 Å². The second-order valence-corrected chi connectivity index (χ2v) is 3.42. The number of alkyl halides is 2. The fraction of sp³-hybridized carbons (Fsp3) is 0.167. The van der Waals surface area contributed by atoms with Crippen molar-refractivity contribution in [3.05, 3.63) is 48.3 Å². The van der Waals surface area contributed by atoms with Crippen LogP contribution in [0.2, 0.25) is 0 Å². The van der Waals surface area contributed by atoms with Gasteiger partial charge in [-0.2, -0.15) is 8.78 Å². The first-order chi connectivity index (χ1) is 8.25. The number of halogens is 2. The highest BCUT2D eigenvalue weighted by atomic mass is 19.3. The van der Waals surface area contributed by atoms with Crippen LogP contribution in [0, 0.1) is 0 Å². The van der Waals surface area contributed by atoms with E-state index < -0.39 is 6.61 Å². The van der Waals surface area contributed by atoms with Crippen LogP contribution in [0.1, 0.15) is 5.69 Å². The second kappa shape index (κ2) is 5.34. The lowest BCUT2D eigenvalue weighted by atomic mass is 10.3. The molecule has 0 saturated heterocycles. The Morgan fingerprint density at radius 1 is 1.18 bits per heavy atom. The van der Waals surface area contributed by atoms with E-state index in [-0.39, 0.29) is 5.75 Å². The minimum absolute atomic E-state index is 0.147. The van der Waals surface area contributed by atoms with Gasteiger partial charge in [-0.05, 0) is 24.3 Å². The first-order valence-corrected chi connectivity index (χ1v) is 5.15. The van der Waals surface area contributed by atoms with Gasteiger partial charge in [0.1, 0.15) is 5.75 Å². The molecule has 0 aliphatic carbocycles. The molecule has 0 spiro atoms. The van der Waals surface area contributed by atoms with Gasteiger partial charge in [-0.1, -0.05) is 12.1 Å². The van der Waals surface area contributed by atoms with E-state index in [1.807, 2.05) is 12.1 Å². The summed E-state index contributed by atoms with van der Waals surface area (Å²) in [5.41, 5.74) is 1.51. The number of para-hydroxylation sites is 2. The molecule has 0 unspecified atom stereocenters. The van der Waals surface area contributed by atoms with E-state index >= 15 is 0 Å². The van der Waals surface area contributed by atoms with Crippen LogP contribution < -0.4 is 10.1 Å². The fourth-order valence-corrected chi connectivity index (χ4v) is 1.48. The SMILES string of the molecule is FC(F)Oc1ccccc1NCc1ccc[nH]1. The van der Waals surface area contributed by atoms with Gasteiger partial charge >= 0.3 is 6.61 Å². The van der Waals surface area contributed by atoms with E-state index in [1.165, 1.54) is 6.07 Å². The highest BCUT2D eigenvalue weighted by Gasteiger charge is 2.08. The maximum absolute atomic E-state index is 12.2. The predicted molar refractivity (Wildman–Crippen MR) is 61.2 cm³/mol. The zero-order valence-electron chi connectivity index (χ0n) is 8.99. The van der Waals surface area contributed by atoms with Crippen LogP contribution in [0.5, 0.6) is 5.75 Å². The van der Waals surface area contributed by atoms with Gasteiger partial charge in [0.15, 0.2) is 0 Å². The molecular weight excluding hydrogens is 226 g/mol. The lowest BCUT2D eigenvalue weighted by Gasteiger charge is -2.11. The Balaban J connectivity index is 2.04. The van der Waals surface area contributed by atoms with Gasteiger partial charge in [-0.3, -0.25) is 0 Å². The van der Waals surface area contributed by atoms with Gasteiger partial charge in [0.2, 0.25) is 0 Å². The van der Waals surface area contributed by atoms with Gasteiger partial charge in [0, 0.05) is 11.9 Å². The van der Waals surface area contributed by atoms with Crippen molar-refractivity contribution in [2.24, 2.45) is 0 Å². The predicted octanol–water partition coefficient (Wildman–Crippen LogP) is 3.23. The van der Waals surface area contributed by atoms with Crippen LogP contribution in [0.3, 0.4) is 0 Å². The highest BCUT2D eigenvalue weighted by molar-refractivity contribution is 5.56. The van der Waals surface area contributed by atoms with Gasteiger partial charge in [0.05, 0.1) is 12.2 Å². The van der Waals surface area contributed by atoms with Crippen molar-refractivity contribution in [2.75, 3.05) is 5.32 Å². The minimum Gasteiger partial charge on any atom is -0.433 e. The van der Waals surface area contributed by atoms with Crippen molar-refractivity contribution < 1.29 is 13.5 Å². The van der Waals surface area contributed by atoms with Crippen molar-refractivity contribution in [1.29, 1.82) is 0 Å². The number of hydrogen-bond donors (Lipinski definition) is 2. The Bertz CT molecular complexity index is 457. The first kappa shape index (κ1) is 11.4. The van der Waals surface area contributed by atoms with Gasteiger partial charge in [0.25, 0.3) is 0 Å². The molecule has 0 aliphatic heterocycles. The summed E-state index contributed by atoms with van der Waals surface area (Å²) in [7, 11) is 0. The third-order valence-corrected chi connectivity index (χ3v) is 2.23. The minimum atomic E-state index is -2.82. The Hall–Kier alpha value is -2.04. The quantitative estimate of drug-likeness (QED) is 0.839. The molecule has 5 heteroatoms. The molecule has 2 aromatic rings. The van der Waals surface area contributed by atoms with Crippen LogP contribution in [0.15, 0.2) is 42.6 Å². The maximum Gasteiger partial charge on any atom is 0.387 e. The average Bonchev–Trinajstić information content (AvgIpc) is 2.80. The Morgan fingerprint density at radius 3 is 2.71 bits per heavy atom. The molecule has 0 bridgehead atoms. The summed E-state index contributed by atoms with van der Waals surface area (Å²) in [5.74, 6) is 0.147. The lowest BCUT2D eigenvalue weighted by Crippen LogP contribution is -2.06. The molecule has 0 radical (unpaired) electrons.